The minimum Gasteiger partial charge on any atom is -0.497 e. The SMILES string of the molecule is CCCNC(=O)[C@H](C)N(Cc1ccc(Cl)c(Cl)c1)C(=O)CN(c1ccccc1OC)S(=O)(=O)c1ccc(OC)cc1. The molecule has 12 heteroatoms. The van der Waals surface area contributed by atoms with Crippen molar-refractivity contribution in [3.63, 3.8) is 0 Å². The van der Waals surface area contributed by atoms with Crippen LogP contribution in [0.25, 0.3) is 0 Å². The molecule has 2 amide bonds. The summed E-state index contributed by atoms with van der Waals surface area (Å²) in [4.78, 5) is 28.2. The van der Waals surface area contributed by atoms with E-state index in [0.717, 1.165) is 4.31 Å². The van der Waals surface area contributed by atoms with Crippen molar-refractivity contribution in [1.82, 2.24) is 10.2 Å². The zero-order valence-electron chi connectivity index (χ0n) is 23.3. The average Bonchev–Trinajstić information content (AvgIpc) is 2.98. The largest absolute Gasteiger partial charge is 0.497 e. The van der Waals surface area contributed by atoms with Crippen LogP contribution in [0.2, 0.25) is 10.0 Å². The van der Waals surface area contributed by atoms with E-state index in [2.05, 4.69) is 5.32 Å². The van der Waals surface area contributed by atoms with Gasteiger partial charge in [0.05, 0.1) is 34.8 Å². The first kappa shape index (κ1) is 32.0. The number of rotatable bonds is 13. The summed E-state index contributed by atoms with van der Waals surface area (Å²) < 4.78 is 39.6. The van der Waals surface area contributed by atoms with Crippen LogP contribution in [-0.2, 0) is 26.2 Å². The van der Waals surface area contributed by atoms with Crippen molar-refractivity contribution in [3.05, 3.63) is 82.3 Å². The van der Waals surface area contributed by atoms with Crippen LogP contribution < -0.4 is 19.1 Å². The number of halogens is 2. The molecule has 0 spiro atoms. The Morgan fingerprint density at radius 1 is 0.951 bits per heavy atom. The monoisotopic (exact) mass is 621 g/mol. The number of carbonyl (C=O) groups excluding carboxylic acids is 2. The van der Waals surface area contributed by atoms with Crippen LogP contribution in [-0.4, -0.2) is 58.5 Å². The van der Waals surface area contributed by atoms with E-state index >= 15 is 0 Å². The molecule has 0 aromatic heterocycles. The molecule has 41 heavy (non-hydrogen) atoms. The number of ether oxygens (including phenoxy) is 2. The first-order valence-corrected chi connectivity index (χ1v) is 15.0. The third-order valence-electron chi connectivity index (χ3n) is 6.33. The number of nitrogens with one attached hydrogen (secondary N) is 1. The number of benzene rings is 3. The van der Waals surface area contributed by atoms with Gasteiger partial charge in [-0.25, -0.2) is 8.42 Å². The second kappa shape index (κ2) is 14.4. The lowest BCUT2D eigenvalue weighted by atomic mass is 10.1. The van der Waals surface area contributed by atoms with E-state index in [4.69, 9.17) is 32.7 Å². The molecule has 0 aliphatic carbocycles. The highest BCUT2D eigenvalue weighted by molar-refractivity contribution is 7.92. The van der Waals surface area contributed by atoms with Gasteiger partial charge in [0.1, 0.15) is 24.1 Å². The Kier molecular flexibility index (Phi) is 11.3. The number of carbonyl (C=O) groups is 2. The third-order valence-corrected chi connectivity index (χ3v) is 8.85. The van der Waals surface area contributed by atoms with E-state index in [1.165, 1.54) is 43.4 Å². The van der Waals surface area contributed by atoms with Crippen LogP contribution in [0, 0.1) is 0 Å². The van der Waals surface area contributed by atoms with Crippen LogP contribution in [0.1, 0.15) is 25.8 Å². The normalized spacial score (nSPS) is 11.9. The lowest BCUT2D eigenvalue weighted by molar-refractivity contribution is -0.139. The molecule has 0 heterocycles. The van der Waals surface area contributed by atoms with Crippen LogP contribution in [0.15, 0.2) is 71.6 Å². The maximum absolute atomic E-state index is 14.0. The van der Waals surface area contributed by atoms with Crippen molar-refractivity contribution in [2.75, 3.05) is 31.6 Å². The number of methoxy groups -OCH3 is 2. The van der Waals surface area contributed by atoms with Crippen molar-refractivity contribution in [3.8, 4) is 11.5 Å². The Balaban J connectivity index is 2.07. The summed E-state index contributed by atoms with van der Waals surface area (Å²) in [5, 5.41) is 3.43. The lowest BCUT2D eigenvalue weighted by Gasteiger charge is -2.32. The fraction of sp³-hybridized carbons (Fsp3) is 0.310. The van der Waals surface area contributed by atoms with E-state index < -0.39 is 28.5 Å². The first-order valence-electron chi connectivity index (χ1n) is 12.8. The fourth-order valence-corrected chi connectivity index (χ4v) is 5.78. The van der Waals surface area contributed by atoms with E-state index in [-0.39, 0.29) is 33.8 Å². The molecule has 0 unspecified atom stereocenters. The summed E-state index contributed by atoms with van der Waals surface area (Å²) in [6.45, 7) is 3.31. The molecular formula is C29H33Cl2N3O6S. The molecule has 0 saturated carbocycles. The molecule has 0 aliphatic heterocycles. The van der Waals surface area contributed by atoms with E-state index in [1.807, 2.05) is 6.92 Å². The van der Waals surface area contributed by atoms with Gasteiger partial charge in [0.25, 0.3) is 10.0 Å². The van der Waals surface area contributed by atoms with Gasteiger partial charge in [0.15, 0.2) is 0 Å². The summed E-state index contributed by atoms with van der Waals surface area (Å²) in [7, 11) is -1.39. The molecule has 9 nitrogen and oxygen atoms in total. The van der Waals surface area contributed by atoms with Crippen molar-refractivity contribution < 1.29 is 27.5 Å². The zero-order chi connectivity index (χ0) is 30.2. The second-order valence-corrected chi connectivity index (χ2v) is 11.8. The molecular weight excluding hydrogens is 589 g/mol. The Bertz CT molecular complexity index is 1470. The summed E-state index contributed by atoms with van der Waals surface area (Å²) in [5.74, 6) is -0.258. The predicted molar refractivity (Wildman–Crippen MR) is 160 cm³/mol. The predicted octanol–water partition coefficient (Wildman–Crippen LogP) is 5.15. The molecule has 0 aliphatic rings. The molecule has 3 rings (SSSR count). The van der Waals surface area contributed by atoms with Crippen LogP contribution >= 0.6 is 23.2 Å². The number of hydrogen-bond donors (Lipinski definition) is 1. The molecule has 0 fully saturated rings. The number of sulfonamides is 1. The van der Waals surface area contributed by atoms with Gasteiger partial charge in [-0.2, -0.15) is 0 Å². The molecule has 3 aromatic rings. The quantitative estimate of drug-likeness (QED) is 0.283. The minimum atomic E-state index is -4.27. The van der Waals surface area contributed by atoms with Gasteiger partial charge in [-0.3, -0.25) is 13.9 Å². The second-order valence-electron chi connectivity index (χ2n) is 9.10. The number of hydrogen-bond acceptors (Lipinski definition) is 6. The highest BCUT2D eigenvalue weighted by Crippen LogP contribution is 2.33. The Morgan fingerprint density at radius 2 is 1.63 bits per heavy atom. The highest BCUT2D eigenvalue weighted by Gasteiger charge is 2.33. The van der Waals surface area contributed by atoms with E-state index in [0.29, 0.717) is 29.3 Å². The minimum absolute atomic E-state index is 0.0151. The zero-order valence-corrected chi connectivity index (χ0v) is 25.6. The Labute approximate surface area is 251 Å². The maximum Gasteiger partial charge on any atom is 0.264 e. The summed E-state index contributed by atoms with van der Waals surface area (Å²) in [6, 6.07) is 16.3. The number of nitrogens with zero attached hydrogens (tertiary/aromatic N) is 2. The van der Waals surface area contributed by atoms with Crippen molar-refractivity contribution in [2.24, 2.45) is 0 Å². The summed E-state index contributed by atoms with van der Waals surface area (Å²) in [5.41, 5.74) is 0.779. The molecule has 1 N–H and O–H groups in total. The Hall–Kier alpha value is -3.47. The van der Waals surface area contributed by atoms with Gasteiger partial charge in [-0.15, -0.1) is 0 Å². The maximum atomic E-state index is 14.0. The van der Waals surface area contributed by atoms with Gasteiger partial charge >= 0.3 is 0 Å². The highest BCUT2D eigenvalue weighted by atomic mass is 35.5. The first-order chi connectivity index (χ1) is 19.5. The standard InChI is InChI=1S/C29H33Cl2N3O6S/c1-5-16-32-29(36)20(2)33(18-21-10-15-24(30)25(31)17-21)28(35)19-34(26-8-6-7-9-27(26)40-4)41(37,38)23-13-11-22(39-3)12-14-23/h6-15,17,20H,5,16,18-19H2,1-4H3,(H,32,36)/t20-/m0/s1. The third kappa shape index (κ3) is 7.84. The molecule has 0 bridgehead atoms. The van der Waals surface area contributed by atoms with Gasteiger partial charge in [-0.05, 0) is 67.4 Å². The number of anilines is 1. The average molecular weight is 623 g/mol. The van der Waals surface area contributed by atoms with Crippen LogP contribution in [0.3, 0.4) is 0 Å². The van der Waals surface area contributed by atoms with Gasteiger partial charge in [0, 0.05) is 13.1 Å². The van der Waals surface area contributed by atoms with Gasteiger partial charge < -0.3 is 19.7 Å². The number of amides is 2. The van der Waals surface area contributed by atoms with Crippen molar-refractivity contribution in [1.29, 1.82) is 0 Å². The van der Waals surface area contributed by atoms with Crippen LogP contribution in [0.4, 0.5) is 5.69 Å². The fourth-order valence-electron chi connectivity index (χ4n) is 4.04. The van der Waals surface area contributed by atoms with Crippen molar-refractivity contribution in [2.45, 2.75) is 37.8 Å². The summed E-state index contributed by atoms with van der Waals surface area (Å²) >= 11 is 12.3. The molecule has 0 saturated heterocycles. The molecule has 3 aromatic carbocycles. The topological polar surface area (TPSA) is 105 Å². The smallest absolute Gasteiger partial charge is 0.264 e. The van der Waals surface area contributed by atoms with Gasteiger partial charge in [0.2, 0.25) is 11.8 Å². The van der Waals surface area contributed by atoms with Crippen LogP contribution in [0.5, 0.6) is 11.5 Å². The van der Waals surface area contributed by atoms with E-state index in [9.17, 15) is 18.0 Å². The molecule has 1 atom stereocenters. The summed E-state index contributed by atoms with van der Waals surface area (Å²) in [6.07, 6.45) is 0.709. The number of para-hydroxylation sites is 2. The lowest BCUT2D eigenvalue weighted by Crippen LogP contribution is -2.51. The van der Waals surface area contributed by atoms with E-state index in [1.54, 1.807) is 49.4 Å². The molecule has 0 radical (unpaired) electrons. The Morgan fingerprint density at radius 3 is 2.24 bits per heavy atom. The van der Waals surface area contributed by atoms with Gasteiger partial charge in [-0.1, -0.05) is 48.3 Å². The van der Waals surface area contributed by atoms with Crippen molar-refractivity contribution >= 4 is 50.7 Å². The molecule has 220 valence electrons.